The van der Waals surface area contributed by atoms with Gasteiger partial charge in [-0.25, -0.2) is 13.4 Å². The zero-order valence-electron chi connectivity index (χ0n) is 24.7. The molecule has 0 atom stereocenters. The molecule has 10 heteroatoms. The van der Waals surface area contributed by atoms with E-state index in [1.54, 1.807) is 31.3 Å². The van der Waals surface area contributed by atoms with Crippen LogP contribution in [-0.2, 0) is 31.5 Å². The van der Waals surface area contributed by atoms with Crippen molar-refractivity contribution in [3.8, 4) is 0 Å². The Bertz CT molecular complexity index is 1460. The number of nitrogens with one attached hydrogen (secondary N) is 1. The highest BCUT2D eigenvalue weighted by Gasteiger charge is 2.27. The van der Waals surface area contributed by atoms with Gasteiger partial charge in [0, 0.05) is 37.9 Å². The van der Waals surface area contributed by atoms with Crippen molar-refractivity contribution >= 4 is 38.3 Å². The smallest absolute Gasteiger partial charge is 0.264 e. The van der Waals surface area contributed by atoms with Crippen LogP contribution in [0.15, 0.2) is 47.4 Å². The molecule has 3 heterocycles. The summed E-state index contributed by atoms with van der Waals surface area (Å²) in [6.45, 7) is 11.2. The molecule has 2 aromatic carbocycles. The lowest BCUT2D eigenvalue weighted by atomic mass is 9.94. The van der Waals surface area contributed by atoms with Crippen LogP contribution in [0.4, 0.5) is 11.4 Å². The van der Waals surface area contributed by atoms with Crippen LogP contribution in [-0.4, -0.2) is 68.7 Å². The minimum atomic E-state index is -3.82. The molecule has 2 aliphatic rings. The van der Waals surface area contributed by atoms with Gasteiger partial charge in [-0.15, -0.1) is 0 Å². The average molecular weight is 582 g/mol. The maximum atomic E-state index is 13.6. The molecule has 0 bridgehead atoms. The molecule has 0 radical (unpaired) electrons. The largest absolute Gasteiger partial charge is 0.381 e. The normalized spacial score (nSPS) is 17.6. The molecule has 3 aromatic rings. The Morgan fingerprint density at radius 2 is 1.73 bits per heavy atom. The van der Waals surface area contributed by atoms with E-state index in [4.69, 9.17) is 9.72 Å². The highest BCUT2D eigenvalue weighted by atomic mass is 32.2. The number of likely N-dealkylation sites (tertiary alicyclic amines) is 1. The van der Waals surface area contributed by atoms with Crippen LogP contribution >= 0.6 is 0 Å². The average Bonchev–Trinajstić information content (AvgIpc) is 3.32. The van der Waals surface area contributed by atoms with Gasteiger partial charge in [0.2, 0.25) is 5.91 Å². The Morgan fingerprint density at radius 1 is 1.05 bits per heavy atom. The summed E-state index contributed by atoms with van der Waals surface area (Å²) in [5.74, 6) is 1.45. The van der Waals surface area contributed by atoms with Gasteiger partial charge in [-0.3, -0.25) is 14.0 Å². The lowest BCUT2D eigenvalue weighted by molar-refractivity contribution is -0.117. The SMILES string of the molecule is CN(c1ccc2c(c1)nc(C(C)(C)C)n2CC1CCOCC1)S(=O)(=O)c1ccc(NC(=O)CN2CCCCC2)cc1. The molecule has 0 aliphatic carbocycles. The molecule has 0 saturated carbocycles. The number of carbonyl (C=O) groups is 1. The maximum absolute atomic E-state index is 13.6. The van der Waals surface area contributed by atoms with Gasteiger partial charge in [-0.2, -0.15) is 0 Å². The number of fused-ring (bicyclic) bond motifs is 1. The van der Waals surface area contributed by atoms with Gasteiger partial charge < -0.3 is 14.6 Å². The van der Waals surface area contributed by atoms with E-state index in [1.165, 1.54) is 10.7 Å². The molecule has 0 spiro atoms. The number of aromatic nitrogens is 2. The van der Waals surface area contributed by atoms with Crippen molar-refractivity contribution in [2.24, 2.45) is 5.92 Å². The summed E-state index contributed by atoms with van der Waals surface area (Å²) in [4.78, 5) is 19.8. The summed E-state index contributed by atoms with van der Waals surface area (Å²) in [6, 6.07) is 12.1. The first kappa shape index (κ1) is 29.5. The molecule has 1 N–H and O–H groups in total. The number of benzene rings is 2. The van der Waals surface area contributed by atoms with Crippen LogP contribution in [0.25, 0.3) is 11.0 Å². The van der Waals surface area contributed by atoms with Crippen LogP contribution in [0.2, 0.25) is 0 Å². The molecule has 222 valence electrons. The van der Waals surface area contributed by atoms with Gasteiger partial charge in [0.25, 0.3) is 10.0 Å². The van der Waals surface area contributed by atoms with E-state index in [-0.39, 0.29) is 16.2 Å². The second kappa shape index (κ2) is 12.1. The van der Waals surface area contributed by atoms with Gasteiger partial charge in [-0.05, 0) is 87.2 Å². The summed E-state index contributed by atoms with van der Waals surface area (Å²) in [6.07, 6.45) is 5.52. The van der Waals surface area contributed by atoms with Gasteiger partial charge in [0.05, 0.1) is 28.2 Å². The number of imidazole rings is 1. The monoisotopic (exact) mass is 581 g/mol. The summed E-state index contributed by atoms with van der Waals surface area (Å²) in [7, 11) is -2.26. The lowest BCUT2D eigenvalue weighted by Gasteiger charge is -2.26. The van der Waals surface area contributed by atoms with Crippen molar-refractivity contribution in [3.05, 3.63) is 48.3 Å². The number of hydrogen-bond donors (Lipinski definition) is 1. The second-order valence-electron chi connectivity index (χ2n) is 12.4. The van der Waals surface area contributed by atoms with E-state index in [0.717, 1.165) is 75.4 Å². The van der Waals surface area contributed by atoms with E-state index >= 15 is 0 Å². The molecule has 2 fully saturated rings. The molecule has 9 nitrogen and oxygen atoms in total. The quantitative estimate of drug-likeness (QED) is 0.402. The third-order valence-electron chi connectivity index (χ3n) is 8.16. The first-order chi connectivity index (χ1) is 19.5. The molecule has 5 rings (SSSR count). The number of piperidine rings is 1. The van der Waals surface area contributed by atoms with Crippen LogP contribution in [0.1, 0.15) is 58.7 Å². The van der Waals surface area contributed by atoms with Crippen molar-refractivity contribution in [2.45, 2.75) is 69.7 Å². The fraction of sp³-hybridized carbons (Fsp3) is 0.548. The summed E-state index contributed by atoms with van der Waals surface area (Å²) < 4.78 is 36.3. The first-order valence-corrected chi connectivity index (χ1v) is 16.2. The van der Waals surface area contributed by atoms with Crippen molar-refractivity contribution < 1.29 is 17.9 Å². The number of hydrogen-bond acceptors (Lipinski definition) is 6. The van der Waals surface area contributed by atoms with Crippen LogP contribution in [0, 0.1) is 5.92 Å². The highest BCUT2D eigenvalue weighted by molar-refractivity contribution is 7.92. The summed E-state index contributed by atoms with van der Waals surface area (Å²) >= 11 is 0. The molecule has 0 unspecified atom stereocenters. The Labute approximate surface area is 243 Å². The van der Waals surface area contributed by atoms with Crippen LogP contribution < -0.4 is 9.62 Å². The number of sulfonamides is 1. The molecule has 2 saturated heterocycles. The van der Waals surface area contributed by atoms with E-state index in [1.807, 2.05) is 18.2 Å². The summed E-state index contributed by atoms with van der Waals surface area (Å²) in [5, 5.41) is 2.89. The molecular weight excluding hydrogens is 538 g/mol. The number of ether oxygens (including phenoxy) is 1. The second-order valence-corrected chi connectivity index (χ2v) is 14.4. The van der Waals surface area contributed by atoms with Crippen molar-refractivity contribution in [3.63, 3.8) is 0 Å². The van der Waals surface area contributed by atoms with Crippen molar-refractivity contribution in [1.29, 1.82) is 0 Å². The minimum Gasteiger partial charge on any atom is -0.381 e. The third kappa shape index (κ3) is 6.76. The maximum Gasteiger partial charge on any atom is 0.264 e. The molecule has 1 aromatic heterocycles. The summed E-state index contributed by atoms with van der Waals surface area (Å²) in [5.41, 5.74) is 2.77. The van der Waals surface area contributed by atoms with Gasteiger partial charge in [0.15, 0.2) is 0 Å². The topological polar surface area (TPSA) is 96.8 Å². The zero-order chi connectivity index (χ0) is 29.2. The Morgan fingerprint density at radius 3 is 2.39 bits per heavy atom. The molecule has 41 heavy (non-hydrogen) atoms. The van der Waals surface area contributed by atoms with Crippen molar-refractivity contribution in [2.75, 3.05) is 49.5 Å². The van der Waals surface area contributed by atoms with Crippen LogP contribution in [0.5, 0.6) is 0 Å². The Hall–Kier alpha value is -2.95. The predicted molar refractivity (Wildman–Crippen MR) is 163 cm³/mol. The van der Waals surface area contributed by atoms with E-state index in [2.05, 4.69) is 35.6 Å². The number of carbonyl (C=O) groups excluding carboxylic acids is 1. The van der Waals surface area contributed by atoms with Crippen LogP contribution in [0.3, 0.4) is 0 Å². The van der Waals surface area contributed by atoms with E-state index in [9.17, 15) is 13.2 Å². The predicted octanol–water partition coefficient (Wildman–Crippen LogP) is 5.01. The molecule has 1 amide bonds. The Kier molecular flexibility index (Phi) is 8.73. The number of amides is 1. The highest BCUT2D eigenvalue weighted by Crippen LogP contribution is 2.32. The number of nitrogens with zero attached hydrogens (tertiary/aromatic N) is 4. The Balaban J connectivity index is 1.33. The number of anilines is 2. The third-order valence-corrected chi connectivity index (χ3v) is 9.96. The number of rotatable bonds is 8. The lowest BCUT2D eigenvalue weighted by Crippen LogP contribution is -2.36. The van der Waals surface area contributed by atoms with Gasteiger partial charge in [0.1, 0.15) is 5.82 Å². The van der Waals surface area contributed by atoms with E-state index in [0.29, 0.717) is 23.8 Å². The fourth-order valence-electron chi connectivity index (χ4n) is 5.79. The standard InChI is InChI=1S/C31H43N5O4S/c1-31(2,3)30-33-27-20-25(10-13-28(27)36(30)21-23-14-18-40-19-15-23)34(4)41(38,39)26-11-8-24(9-12-26)32-29(37)22-35-16-6-5-7-17-35/h8-13,20,23H,5-7,14-19,21-22H2,1-4H3,(H,32,37). The first-order valence-electron chi connectivity index (χ1n) is 14.7. The fourth-order valence-corrected chi connectivity index (χ4v) is 6.97. The minimum absolute atomic E-state index is 0.0844. The van der Waals surface area contributed by atoms with Crippen molar-refractivity contribution in [1.82, 2.24) is 14.5 Å². The zero-order valence-corrected chi connectivity index (χ0v) is 25.5. The molecule has 2 aliphatic heterocycles. The molecular formula is C31H43N5O4S. The van der Waals surface area contributed by atoms with E-state index < -0.39 is 10.0 Å². The van der Waals surface area contributed by atoms with Gasteiger partial charge in [-0.1, -0.05) is 27.2 Å². The van der Waals surface area contributed by atoms with Gasteiger partial charge >= 0.3 is 0 Å².